The Labute approximate surface area is 186 Å². The molecule has 2 aliphatic rings. The average molecular weight is 433 g/mol. The van der Waals surface area contributed by atoms with Crippen molar-refractivity contribution >= 4 is 23.4 Å². The normalized spacial score (nSPS) is 19.7. The van der Waals surface area contributed by atoms with E-state index in [1.54, 1.807) is 0 Å². The number of benzene rings is 1. The topological polar surface area (TPSA) is 49.4 Å². The van der Waals surface area contributed by atoms with E-state index >= 15 is 0 Å². The minimum absolute atomic E-state index is 0.0312. The molecule has 0 bridgehead atoms. The largest absolute Gasteiger partial charge is 0.344 e. The summed E-state index contributed by atoms with van der Waals surface area (Å²) < 4.78 is 0. The number of hydrogen-bond acceptors (Lipinski definition) is 2. The second-order valence-electron chi connectivity index (χ2n) is 9.53. The third-order valence-electron chi connectivity index (χ3n) is 6.80. The number of hydrogen-bond donors (Lipinski definition) is 1. The lowest BCUT2D eigenvalue weighted by atomic mass is 9.82. The molecule has 3 rings (SSSR count). The molecule has 1 N–H and O–H groups in total. The number of halogens is 1. The van der Waals surface area contributed by atoms with E-state index in [0.717, 1.165) is 63.1 Å². The van der Waals surface area contributed by atoms with Crippen molar-refractivity contribution in [2.75, 3.05) is 13.1 Å². The minimum Gasteiger partial charge on any atom is -0.344 e. The molecule has 0 spiro atoms. The first-order chi connectivity index (χ1) is 14.4. The highest BCUT2D eigenvalue weighted by Crippen LogP contribution is 2.31. The molecule has 5 heteroatoms. The number of carbonyl (C=O) groups is 2. The second-order valence-corrected chi connectivity index (χ2v) is 9.96. The van der Waals surface area contributed by atoms with Gasteiger partial charge in [0.1, 0.15) is 6.04 Å². The molecule has 1 saturated carbocycles. The van der Waals surface area contributed by atoms with Gasteiger partial charge in [-0.05, 0) is 67.6 Å². The highest BCUT2D eigenvalue weighted by Gasteiger charge is 2.35. The summed E-state index contributed by atoms with van der Waals surface area (Å²) in [5, 5.41) is 3.90. The maximum atomic E-state index is 13.5. The summed E-state index contributed by atoms with van der Waals surface area (Å²) in [6, 6.07) is 7.74. The zero-order chi connectivity index (χ0) is 21.5. The van der Waals surface area contributed by atoms with Crippen LogP contribution in [0, 0.1) is 11.8 Å². The van der Waals surface area contributed by atoms with Gasteiger partial charge in [0.05, 0.1) is 0 Å². The molecule has 2 fully saturated rings. The van der Waals surface area contributed by atoms with Crippen LogP contribution in [0.4, 0.5) is 0 Å². The first kappa shape index (κ1) is 23.1. The van der Waals surface area contributed by atoms with Gasteiger partial charge < -0.3 is 10.2 Å². The van der Waals surface area contributed by atoms with Crippen LogP contribution in [-0.4, -0.2) is 35.8 Å². The summed E-state index contributed by atoms with van der Waals surface area (Å²) in [5.41, 5.74) is 1.30. The Morgan fingerprint density at radius 2 is 1.67 bits per heavy atom. The fourth-order valence-corrected chi connectivity index (χ4v) is 5.00. The number of piperidine rings is 1. The summed E-state index contributed by atoms with van der Waals surface area (Å²) in [4.78, 5) is 28.0. The highest BCUT2D eigenvalue weighted by atomic mass is 35.5. The van der Waals surface area contributed by atoms with E-state index in [1.165, 1.54) is 12.0 Å². The Hall–Kier alpha value is -1.55. The zero-order valence-corrected chi connectivity index (χ0v) is 19.3. The third kappa shape index (κ3) is 6.47. The van der Waals surface area contributed by atoms with Gasteiger partial charge in [-0.3, -0.25) is 9.59 Å². The Morgan fingerprint density at radius 3 is 2.27 bits per heavy atom. The van der Waals surface area contributed by atoms with Crippen molar-refractivity contribution < 1.29 is 9.59 Å². The molecule has 1 aliphatic heterocycles. The van der Waals surface area contributed by atoms with Gasteiger partial charge in [-0.25, -0.2) is 0 Å². The van der Waals surface area contributed by atoms with Crippen LogP contribution in [0.5, 0.6) is 0 Å². The van der Waals surface area contributed by atoms with Crippen molar-refractivity contribution in [1.29, 1.82) is 0 Å². The lowest BCUT2D eigenvalue weighted by Gasteiger charge is -2.37. The van der Waals surface area contributed by atoms with Gasteiger partial charge in [0, 0.05) is 24.5 Å². The lowest BCUT2D eigenvalue weighted by molar-refractivity contribution is -0.139. The standard InChI is InChI=1S/C25H37ClN2O2/c1-18(2)8-13-23(29)27-24(21-6-4-3-5-7-21)25(30)28-16-14-20(15-17-28)19-9-11-22(26)12-10-19/h9-12,18,20-21,24H,3-8,13-17H2,1-2H3,(H,27,29)/t24-/m1/s1. The Bertz CT molecular complexity index is 690. The Balaban J connectivity index is 1.60. The molecule has 1 atom stereocenters. The molecule has 1 heterocycles. The molecule has 1 aromatic rings. The van der Waals surface area contributed by atoms with Crippen molar-refractivity contribution in [2.24, 2.45) is 11.8 Å². The van der Waals surface area contributed by atoms with Gasteiger partial charge in [-0.1, -0.05) is 56.8 Å². The SMILES string of the molecule is CC(C)CCC(=O)N[C@@H](C(=O)N1CCC(c2ccc(Cl)cc2)CC1)C1CCCCC1. The van der Waals surface area contributed by atoms with Crippen LogP contribution in [0.2, 0.25) is 5.02 Å². The Kier molecular flexibility index (Phi) is 8.61. The van der Waals surface area contributed by atoms with Crippen LogP contribution in [0.3, 0.4) is 0 Å². The molecule has 0 radical (unpaired) electrons. The first-order valence-electron chi connectivity index (χ1n) is 11.8. The third-order valence-corrected chi connectivity index (χ3v) is 7.05. The predicted octanol–water partition coefficient (Wildman–Crippen LogP) is 5.55. The van der Waals surface area contributed by atoms with Crippen molar-refractivity contribution in [3.8, 4) is 0 Å². The van der Waals surface area contributed by atoms with Crippen molar-refractivity contribution in [3.63, 3.8) is 0 Å². The first-order valence-corrected chi connectivity index (χ1v) is 12.2. The van der Waals surface area contributed by atoms with Gasteiger partial charge in [0.2, 0.25) is 11.8 Å². The molecular weight excluding hydrogens is 396 g/mol. The maximum Gasteiger partial charge on any atom is 0.245 e. The number of nitrogens with zero attached hydrogens (tertiary/aromatic N) is 1. The fraction of sp³-hybridized carbons (Fsp3) is 0.680. The Morgan fingerprint density at radius 1 is 1.03 bits per heavy atom. The minimum atomic E-state index is -0.350. The van der Waals surface area contributed by atoms with Crippen molar-refractivity contribution in [2.45, 2.75) is 83.6 Å². The van der Waals surface area contributed by atoms with E-state index in [2.05, 4.69) is 31.3 Å². The van der Waals surface area contributed by atoms with Crippen LogP contribution in [0.1, 0.15) is 83.1 Å². The van der Waals surface area contributed by atoms with Crippen LogP contribution in [0.25, 0.3) is 0 Å². The summed E-state index contributed by atoms with van der Waals surface area (Å²) in [5.74, 6) is 1.41. The fourth-order valence-electron chi connectivity index (χ4n) is 4.88. The van der Waals surface area contributed by atoms with E-state index in [1.807, 2.05) is 17.0 Å². The lowest BCUT2D eigenvalue weighted by Crippen LogP contribution is -2.54. The monoisotopic (exact) mass is 432 g/mol. The number of amides is 2. The van der Waals surface area contributed by atoms with Crippen LogP contribution in [-0.2, 0) is 9.59 Å². The van der Waals surface area contributed by atoms with Crippen LogP contribution in [0.15, 0.2) is 24.3 Å². The molecule has 2 amide bonds. The number of carbonyl (C=O) groups excluding carboxylic acids is 2. The van der Waals surface area contributed by atoms with E-state index in [9.17, 15) is 9.59 Å². The molecule has 1 saturated heterocycles. The van der Waals surface area contributed by atoms with Gasteiger partial charge in [0.15, 0.2) is 0 Å². The molecule has 0 aromatic heterocycles. The molecule has 30 heavy (non-hydrogen) atoms. The summed E-state index contributed by atoms with van der Waals surface area (Å²) in [6.07, 6.45) is 8.95. The van der Waals surface area contributed by atoms with Gasteiger partial charge in [-0.2, -0.15) is 0 Å². The number of likely N-dealkylation sites (tertiary alicyclic amines) is 1. The van der Waals surface area contributed by atoms with Crippen molar-refractivity contribution in [1.82, 2.24) is 10.2 Å². The van der Waals surface area contributed by atoms with Gasteiger partial charge in [-0.15, -0.1) is 0 Å². The van der Waals surface area contributed by atoms with E-state index < -0.39 is 0 Å². The van der Waals surface area contributed by atoms with E-state index in [0.29, 0.717) is 18.3 Å². The molecule has 166 valence electrons. The highest BCUT2D eigenvalue weighted by molar-refractivity contribution is 6.30. The van der Waals surface area contributed by atoms with E-state index in [-0.39, 0.29) is 23.8 Å². The van der Waals surface area contributed by atoms with Crippen molar-refractivity contribution in [3.05, 3.63) is 34.9 Å². The van der Waals surface area contributed by atoms with Gasteiger partial charge >= 0.3 is 0 Å². The molecule has 1 aliphatic carbocycles. The number of rotatable bonds is 7. The summed E-state index contributed by atoms with van der Waals surface area (Å²) >= 11 is 6.02. The average Bonchev–Trinajstić information content (AvgIpc) is 2.77. The van der Waals surface area contributed by atoms with E-state index in [4.69, 9.17) is 11.6 Å². The maximum absolute atomic E-state index is 13.5. The van der Waals surface area contributed by atoms with Crippen LogP contribution < -0.4 is 5.32 Å². The predicted molar refractivity (Wildman–Crippen MR) is 123 cm³/mol. The second kappa shape index (κ2) is 11.2. The summed E-state index contributed by atoms with van der Waals surface area (Å²) in [6.45, 7) is 5.78. The molecule has 4 nitrogen and oxygen atoms in total. The molecule has 0 unspecified atom stereocenters. The van der Waals surface area contributed by atoms with Gasteiger partial charge in [0.25, 0.3) is 0 Å². The van der Waals surface area contributed by atoms with Crippen LogP contribution >= 0.6 is 11.6 Å². The molecule has 1 aromatic carbocycles. The quantitative estimate of drug-likeness (QED) is 0.614. The number of nitrogens with one attached hydrogen (secondary N) is 1. The zero-order valence-electron chi connectivity index (χ0n) is 18.5. The smallest absolute Gasteiger partial charge is 0.245 e. The molecular formula is C25H37ClN2O2. The summed E-state index contributed by atoms with van der Waals surface area (Å²) in [7, 11) is 0.